The summed E-state index contributed by atoms with van der Waals surface area (Å²) in [5.74, 6) is 1.14. The minimum absolute atomic E-state index is 0.0509. The summed E-state index contributed by atoms with van der Waals surface area (Å²) in [6.07, 6.45) is 1.58. The van der Waals surface area contributed by atoms with Crippen molar-refractivity contribution >= 4 is 49.0 Å². The van der Waals surface area contributed by atoms with E-state index in [9.17, 15) is 9.18 Å². The van der Waals surface area contributed by atoms with Gasteiger partial charge in [-0.2, -0.15) is 9.78 Å². The number of benzene rings is 3. The first-order chi connectivity index (χ1) is 17.6. The van der Waals surface area contributed by atoms with Crippen molar-refractivity contribution < 1.29 is 13.9 Å². The molecule has 0 spiro atoms. The van der Waals surface area contributed by atoms with Crippen LogP contribution in [0, 0.1) is 5.82 Å². The molecule has 0 aliphatic carbocycles. The van der Waals surface area contributed by atoms with Crippen molar-refractivity contribution in [2.24, 2.45) is 5.10 Å². The molecular weight excluding hydrogens is 605 g/mol. The van der Waals surface area contributed by atoms with Crippen molar-refractivity contribution in [3.63, 3.8) is 0 Å². The molecule has 4 rings (SSSR count). The molecule has 4 aromatic rings. The van der Waals surface area contributed by atoms with E-state index < -0.39 is 5.41 Å². The third-order valence-corrected chi connectivity index (χ3v) is 6.68. The molecule has 0 aliphatic heterocycles. The molecule has 0 fully saturated rings. The number of hydrogen-bond acceptors (Lipinski definition) is 5. The standard InChI is InChI=1S/C28H26Br2FN3O3/c1-5-36-24-12-18(21(30)14-25(24)37-16-17-8-6-7-9-22(17)31)15-32-34-26(35)20-13-19(29)10-11-23(20)33-27(34)28(2,3)4/h6-15H,5,16H2,1-4H3. The van der Waals surface area contributed by atoms with Crippen LogP contribution in [-0.4, -0.2) is 22.5 Å². The summed E-state index contributed by atoms with van der Waals surface area (Å²) in [4.78, 5) is 18.2. The molecule has 0 bridgehead atoms. The van der Waals surface area contributed by atoms with Crippen molar-refractivity contribution in [3.05, 3.63) is 96.7 Å². The Kier molecular flexibility index (Phi) is 8.14. The summed E-state index contributed by atoms with van der Waals surface area (Å²) in [6, 6.07) is 15.4. The van der Waals surface area contributed by atoms with Crippen LogP contribution in [0.4, 0.5) is 4.39 Å². The average molecular weight is 631 g/mol. The predicted molar refractivity (Wildman–Crippen MR) is 151 cm³/mol. The van der Waals surface area contributed by atoms with Crippen LogP contribution in [0.3, 0.4) is 0 Å². The Morgan fingerprint density at radius 3 is 2.49 bits per heavy atom. The maximum absolute atomic E-state index is 14.0. The van der Waals surface area contributed by atoms with E-state index in [-0.39, 0.29) is 18.0 Å². The molecular formula is C28H26Br2FN3O3. The number of nitrogens with zero attached hydrogens (tertiary/aromatic N) is 3. The van der Waals surface area contributed by atoms with Crippen molar-refractivity contribution in [1.82, 2.24) is 9.66 Å². The highest BCUT2D eigenvalue weighted by molar-refractivity contribution is 9.10. The van der Waals surface area contributed by atoms with Crippen molar-refractivity contribution in [3.8, 4) is 11.5 Å². The lowest BCUT2D eigenvalue weighted by molar-refractivity contribution is 0.265. The largest absolute Gasteiger partial charge is 0.490 e. The molecule has 0 saturated heterocycles. The first kappa shape index (κ1) is 27.0. The van der Waals surface area contributed by atoms with Crippen LogP contribution in [0.15, 0.2) is 73.4 Å². The highest BCUT2D eigenvalue weighted by atomic mass is 79.9. The molecule has 9 heteroatoms. The quantitative estimate of drug-likeness (QED) is 0.202. The molecule has 0 saturated carbocycles. The van der Waals surface area contributed by atoms with Gasteiger partial charge >= 0.3 is 0 Å². The van der Waals surface area contributed by atoms with E-state index in [0.29, 0.717) is 50.4 Å². The highest BCUT2D eigenvalue weighted by Crippen LogP contribution is 2.34. The van der Waals surface area contributed by atoms with Crippen molar-refractivity contribution in [1.29, 1.82) is 0 Å². The van der Waals surface area contributed by atoms with E-state index in [1.165, 1.54) is 10.7 Å². The molecule has 0 amide bonds. The zero-order valence-corrected chi connectivity index (χ0v) is 24.1. The van der Waals surface area contributed by atoms with E-state index in [1.54, 1.807) is 42.6 Å². The van der Waals surface area contributed by atoms with Gasteiger partial charge in [-0.15, -0.1) is 0 Å². The number of ether oxygens (including phenoxy) is 2. The van der Waals surface area contributed by atoms with Crippen LogP contribution in [0.1, 0.15) is 44.6 Å². The lowest BCUT2D eigenvalue weighted by Gasteiger charge is -2.21. The number of rotatable bonds is 7. The van der Waals surface area contributed by atoms with Crippen LogP contribution in [0.5, 0.6) is 11.5 Å². The van der Waals surface area contributed by atoms with Gasteiger partial charge in [-0.3, -0.25) is 4.79 Å². The maximum atomic E-state index is 14.0. The lowest BCUT2D eigenvalue weighted by atomic mass is 9.95. The average Bonchev–Trinajstić information content (AvgIpc) is 2.84. The monoisotopic (exact) mass is 629 g/mol. The number of halogens is 3. The Labute approximate surface area is 231 Å². The summed E-state index contributed by atoms with van der Waals surface area (Å²) >= 11 is 6.99. The van der Waals surface area contributed by atoms with Gasteiger partial charge in [-0.05, 0) is 59.3 Å². The van der Waals surface area contributed by atoms with Gasteiger partial charge in [0.15, 0.2) is 11.5 Å². The fraction of sp³-hybridized carbons (Fsp3) is 0.250. The minimum atomic E-state index is -0.435. The van der Waals surface area contributed by atoms with Gasteiger partial charge < -0.3 is 9.47 Å². The summed E-state index contributed by atoms with van der Waals surface area (Å²) in [6.45, 7) is 8.27. The van der Waals surface area contributed by atoms with Crippen LogP contribution in [0.25, 0.3) is 10.9 Å². The Morgan fingerprint density at radius 1 is 1.05 bits per heavy atom. The van der Waals surface area contributed by atoms with E-state index in [0.717, 1.165) is 4.47 Å². The Balaban J connectivity index is 1.74. The van der Waals surface area contributed by atoms with Crippen LogP contribution >= 0.6 is 31.9 Å². The van der Waals surface area contributed by atoms with E-state index in [2.05, 4.69) is 37.0 Å². The molecule has 3 aromatic carbocycles. The Morgan fingerprint density at radius 2 is 1.78 bits per heavy atom. The van der Waals surface area contributed by atoms with E-state index >= 15 is 0 Å². The molecule has 6 nitrogen and oxygen atoms in total. The van der Waals surface area contributed by atoms with Gasteiger partial charge in [0.1, 0.15) is 18.2 Å². The van der Waals surface area contributed by atoms with Crippen molar-refractivity contribution in [2.45, 2.75) is 39.7 Å². The van der Waals surface area contributed by atoms with Gasteiger partial charge in [0, 0.05) is 25.5 Å². The fourth-order valence-corrected chi connectivity index (χ4v) is 4.45. The van der Waals surface area contributed by atoms with Gasteiger partial charge in [-0.25, -0.2) is 9.37 Å². The highest BCUT2D eigenvalue weighted by Gasteiger charge is 2.23. The zero-order chi connectivity index (χ0) is 26.7. The summed E-state index contributed by atoms with van der Waals surface area (Å²) in [5.41, 5.74) is 1.02. The molecule has 1 aromatic heterocycles. The normalized spacial score (nSPS) is 11.9. The summed E-state index contributed by atoms with van der Waals surface area (Å²) in [5, 5.41) is 5.01. The molecule has 1 heterocycles. The molecule has 0 unspecified atom stereocenters. The first-order valence-corrected chi connectivity index (χ1v) is 13.3. The van der Waals surface area contributed by atoms with Crippen LogP contribution in [-0.2, 0) is 12.0 Å². The van der Waals surface area contributed by atoms with Gasteiger partial charge in [-0.1, -0.05) is 54.9 Å². The molecule has 0 N–H and O–H groups in total. The SMILES string of the molecule is CCOc1cc(C=Nn2c(C(C)(C)C)nc3ccc(Br)cc3c2=O)c(Br)cc1OCc1ccccc1F. The van der Waals surface area contributed by atoms with Crippen LogP contribution < -0.4 is 15.0 Å². The van der Waals surface area contributed by atoms with Crippen LogP contribution in [0.2, 0.25) is 0 Å². The molecule has 37 heavy (non-hydrogen) atoms. The second-order valence-corrected chi connectivity index (χ2v) is 11.1. The molecule has 0 aliphatic rings. The van der Waals surface area contributed by atoms with Gasteiger partial charge in [0.05, 0.1) is 23.7 Å². The fourth-order valence-electron chi connectivity index (χ4n) is 3.66. The van der Waals surface area contributed by atoms with Gasteiger partial charge in [0.2, 0.25) is 0 Å². The summed E-state index contributed by atoms with van der Waals surface area (Å²) < 4.78 is 28.5. The number of fused-ring (bicyclic) bond motifs is 1. The smallest absolute Gasteiger partial charge is 0.282 e. The van der Waals surface area contributed by atoms with E-state index in [1.807, 2.05) is 39.8 Å². The third kappa shape index (κ3) is 6.10. The minimum Gasteiger partial charge on any atom is -0.490 e. The number of hydrogen-bond donors (Lipinski definition) is 0. The lowest BCUT2D eigenvalue weighted by Crippen LogP contribution is -2.29. The molecule has 192 valence electrons. The number of aromatic nitrogens is 2. The third-order valence-electron chi connectivity index (χ3n) is 5.50. The predicted octanol–water partition coefficient (Wildman–Crippen LogP) is 7.22. The zero-order valence-electron chi connectivity index (χ0n) is 20.9. The summed E-state index contributed by atoms with van der Waals surface area (Å²) in [7, 11) is 0. The topological polar surface area (TPSA) is 65.7 Å². The maximum Gasteiger partial charge on any atom is 0.282 e. The first-order valence-electron chi connectivity index (χ1n) is 11.7. The molecule has 0 atom stereocenters. The second kappa shape index (κ2) is 11.1. The van der Waals surface area contributed by atoms with Gasteiger partial charge in [0.25, 0.3) is 5.56 Å². The van der Waals surface area contributed by atoms with E-state index in [4.69, 9.17) is 14.5 Å². The Bertz CT molecular complexity index is 1540. The molecule has 0 radical (unpaired) electrons. The van der Waals surface area contributed by atoms with Crippen molar-refractivity contribution in [2.75, 3.05) is 6.61 Å². The Hall–Kier alpha value is -3.04. The second-order valence-electron chi connectivity index (χ2n) is 9.34.